The van der Waals surface area contributed by atoms with Crippen LogP contribution in [0.4, 0.5) is 5.69 Å². The van der Waals surface area contributed by atoms with E-state index in [-0.39, 0.29) is 22.4 Å². The lowest BCUT2D eigenvalue weighted by atomic mass is 9.96. The molecule has 0 spiro atoms. The molecule has 1 amide bonds. The molecule has 2 N–H and O–H groups in total. The largest absolute Gasteiger partial charge is 0.349 e. The Morgan fingerprint density at radius 2 is 1.59 bits per heavy atom. The first-order valence-corrected chi connectivity index (χ1v) is 11.9. The molecule has 156 valence electrons. The summed E-state index contributed by atoms with van der Waals surface area (Å²) >= 11 is 6.23. The Kier molecular flexibility index (Phi) is 7.19. The minimum atomic E-state index is -3.75. The van der Waals surface area contributed by atoms with E-state index in [1.165, 1.54) is 25.3 Å². The first-order chi connectivity index (χ1) is 13.8. The van der Waals surface area contributed by atoms with Crippen LogP contribution in [0.5, 0.6) is 0 Å². The van der Waals surface area contributed by atoms with E-state index in [9.17, 15) is 13.2 Å². The predicted molar refractivity (Wildman–Crippen MR) is 117 cm³/mol. The van der Waals surface area contributed by atoms with Crippen molar-refractivity contribution in [3.05, 3.63) is 58.6 Å². The summed E-state index contributed by atoms with van der Waals surface area (Å²) in [6.07, 6.45) is 7.79. The quantitative estimate of drug-likeness (QED) is 0.671. The summed E-state index contributed by atoms with van der Waals surface area (Å²) < 4.78 is 27.8. The highest BCUT2D eigenvalue weighted by atomic mass is 35.5. The molecule has 2 aromatic rings. The van der Waals surface area contributed by atoms with Crippen molar-refractivity contribution in [1.29, 1.82) is 0 Å². The van der Waals surface area contributed by atoms with Crippen molar-refractivity contribution >= 4 is 33.2 Å². The molecule has 0 radical (unpaired) electrons. The number of sulfonamides is 1. The summed E-state index contributed by atoms with van der Waals surface area (Å²) in [7, 11) is -3.75. The Morgan fingerprint density at radius 1 is 0.966 bits per heavy atom. The fourth-order valence-electron chi connectivity index (χ4n) is 3.56. The van der Waals surface area contributed by atoms with Gasteiger partial charge in [0.05, 0.1) is 15.5 Å². The third-order valence-electron chi connectivity index (χ3n) is 5.23. The van der Waals surface area contributed by atoms with Crippen molar-refractivity contribution < 1.29 is 13.2 Å². The molecule has 1 fully saturated rings. The normalized spacial score (nSPS) is 15.9. The van der Waals surface area contributed by atoms with Gasteiger partial charge >= 0.3 is 0 Å². The Hall–Kier alpha value is -2.05. The molecule has 3 rings (SSSR count). The topological polar surface area (TPSA) is 75.3 Å². The van der Waals surface area contributed by atoms with Gasteiger partial charge in [0.25, 0.3) is 15.9 Å². The van der Waals surface area contributed by atoms with Crippen molar-refractivity contribution in [3.63, 3.8) is 0 Å². The van der Waals surface area contributed by atoms with Gasteiger partial charge in [-0.1, -0.05) is 61.4 Å². The zero-order valence-corrected chi connectivity index (χ0v) is 18.2. The first kappa shape index (κ1) is 21.7. The lowest BCUT2D eigenvalue weighted by molar-refractivity contribution is 0.0930. The van der Waals surface area contributed by atoms with Gasteiger partial charge in [0, 0.05) is 11.7 Å². The first-order valence-electron chi connectivity index (χ1n) is 10.0. The molecule has 0 saturated heterocycles. The van der Waals surface area contributed by atoms with Gasteiger partial charge in [-0.25, -0.2) is 8.42 Å². The van der Waals surface area contributed by atoms with Gasteiger partial charge in [-0.2, -0.15) is 0 Å². The van der Waals surface area contributed by atoms with Gasteiger partial charge in [0.2, 0.25) is 0 Å². The predicted octanol–water partition coefficient (Wildman–Crippen LogP) is 5.29. The highest BCUT2D eigenvalue weighted by molar-refractivity contribution is 7.92. The summed E-state index contributed by atoms with van der Waals surface area (Å²) in [5.74, 6) is -0.267. The summed E-state index contributed by atoms with van der Waals surface area (Å²) in [6.45, 7) is 1.89. The molecule has 1 aliphatic rings. The summed E-state index contributed by atoms with van der Waals surface area (Å²) in [5.41, 5.74) is 1.55. The molecule has 1 saturated carbocycles. The number of halogens is 1. The van der Waals surface area contributed by atoms with Gasteiger partial charge in [0.15, 0.2) is 0 Å². The molecule has 0 aromatic heterocycles. The van der Waals surface area contributed by atoms with E-state index in [1.807, 2.05) is 6.92 Å². The average Bonchev–Trinajstić information content (AvgIpc) is 2.65. The fraction of sp³-hybridized carbons (Fsp3) is 0.409. The maximum atomic E-state index is 12.8. The lowest BCUT2D eigenvalue weighted by Gasteiger charge is -2.21. The highest BCUT2D eigenvalue weighted by Crippen LogP contribution is 2.24. The molecule has 0 unspecified atom stereocenters. The second kappa shape index (κ2) is 9.63. The number of carbonyl (C=O) groups excluding carboxylic acids is 1. The number of hydrogen-bond acceptors (Lipinski definition) is 3. The van der Waals surface area contributed by atoms with Crippen LogP contribution >= 0.6 is 11.6 Å². The van der Waals surface area contributed by atoms with Crippen LogP contribution in [0, 0.1) is 6.92 Å². The minimum Gasteiger partial charge on any atom is -0.349 e. The summed E-state index contributed by atoms with van der Waals surface area (Å²) in [5, 5.41) is 3.37. The molecule has 2 aromatic carbocycles. The number of carbonyl (C=O) groups is 1. The smallest absolute Gasteiger partial charge is 0.261 e. The highest BCUT2D eigenvalue weighted by Gasteiger charge is 2.19. The zero-order chi connectivity index (χ0) is 20.9. The van der Waals surface area contributed by atoms with E-state index in [4.69, 9.17) is 11.6 Å². The minimum absolute atomic E-state index is 0.131. The van der Waals surface area contributed by atoms with Crippen LogP contribution in [-0.4, -0.2) is 20.4 Å². The van der Waals surface area contributed by atoms with E-state index < -0.39 is 10.0 Å². The maximum Gasteiger partial charge on any atom is 0.261 e. The van der Waals surface area contributed by atoms with Crippen LogP contribution in [-0.2, 0) is 10.0 Å². The number of anilines is 1. The number of amides is 1. The summed E-state index contributed by atoms with van der Waals surface area (Å²) in [4.78, 5) is 12.9. The molecule has 1 aliphatic carbocycles. The van der Waals surface area contributed by atoms with Crippen molar-refractivity contribution in [2.75, 3.05) is 4.72 Å². The molecule has 7 heteroatoms. The van der Waals surface area contributed by atoms with Gasteiger partial charge in [-0.3, -0.25) is 9.52 Å². The summed E-state index contributed by atoms with van der Waals surface area (Å²) in [6, 6.07) is 11.3. The van der Waals surface area contributed by atoms with Crippen molar-refractivity contribution in [1.82, 2.24) is 5.32 Å². The van der Waals surface area contributed by atoms with Gasteiger partial charge < -0.3 is 5.32 Å². The maximum absolute atomic E-state index is 12.8. The van der Waals surface area contributed by atoms with Gasteiger partial charge in [-0.15, -0.1) is 0 Å². The lowest BCUT2D eigenvalue weighted by Crippen LogP contribution is -2.35. The SMILES string of the molecule is Cc1ccc(S(=O)(=O)Nc2ccc(Cl)c(C(=O)NC3CCCCCCC3)c2)cc1. The zero-order valence-electron chi connectivity index (χ0n) is 16.6. The van der Waals surface area contributed by atoms with Gasteiger partial charge in [0.1, 0.15) is 0 Å². The Morgan fingerprint density at radius 3 is 2.24 bits per heavy atom. The third kappa shape index (κ3) is 5.97. The Labute approximate surface area is 177 Å². The van der Waals surface area contributed by atoms with Crippen molar-refractivity contribution in [2.45, 2.75) is 62.8 Å². The van der Waals surface area contributed by atoms with Crippen molar-refractivity contribution in [3.8, 4) is 0 Å². The van der Waals surface area contributed by atoms with Crippen LogP contribution in [0.25, 0.3) is 0 Å². The number of hydrogen-bond donors (Lipinski definition) is 2. The second-order valence-corrected chi connectivity index (χ2v) is 9.72. The van der Waals surface area contributed by atoms with E-state index >= 15 is 0 Å². The van der Waals surface area contributed by atoms with Crippen LogP contribution < -0.4 is 10.0 Å². The van der Waals surface area contributed by atoms with E-state index in [1.54, 1.807) is 36.4 Å². The van der Waals surface area contributed by atoms with Crippen LogP contribution in [0.3, 0.4) is 0 Å². The van der Waals surface area contributed by atoms with E-state index in [0.29, 0.717) is 10.7 Å². The number of aryl methyl sites for hydroxylation is 1. The molecule has 0 bridgehead atoms. The second-order valence-electron chi connectivity index (χ2n) is 7.63. The Balaban J connectivity index is 1.75. The average molecular weight is 435 g/mol. The standard InChI is InChI=1S/C22H27ClN2O3S/c1-16-9-12-19(13-10-16)29(27,28)25-18-11-14-21(23)20(15-18)22(26)24-17-7-5-3-2-4-6-8-17/h9-15,17,25H,2-8H2,1H3,(H,24,26). The monoisotopic (exact) mass is 434 g/mol. The van der Waals surface area contributed by atoms with Crippen LogP contribution in [0.15, 0.2) is 47.4 Å². The molecule has 0 heterocycles. The van der Waals surface area contributed by atoms with E-state index in [2.05, 4.69) is 10.0 Å². The van der Waals surface area contributed by atoms with Crippen LogP contribution in [0.1, 0.15) is 60.9 Å². The number of rotatable bonds is 5. The molecular formula is C22H27ClN2O3S. The number of nitrogens with one attached hydrogen (secondary N) is 2. The Bertz CT molecular complexity index is 951. The number of benzene rings is 2. The molecule has 29 heavy (non-hydrogen) atoms. The molecule has 0 atom stereocenters. The third-order valence-corrected chi connectivity index (χ3v) is 6.96. The molecule has 5 nitrogen and oxygen atoms in total. The van der Waals surface area contributed by atoms with Crippen molar-refractivity contribution in [2.24, 2.45) is 0 Å². The van der Waals surface area contributed by atoms with E-state index in [0.717, 1.165) is 31.2 Å². The van der Waals surface area contributed by atoms with Gasteiger partial charge in [-0.05, 0) is 50.1 Å². The molecular weight excluding hydrogens is 408 g/mol. The van der Waals surface area contributed by atoms with Crippen LogP contribution in [0.2, 0.25) is 5.02 Å². The fourth-order valence-corrected chi connectivity index (χ4v) is 4.81. The molecule has 0 aliphatic heterocycles.